The number of pyridine rings is 1. The summed E-state index contributed by atoms with van der Waals surface area (Å²) in [6.07, 6.45) is 17.5. The number of hydrogen-bond acceptors (Lipinski definition) is 0. The summed E-state index contributed by atoms with van der Waals surface area (Å²) < 4.78 is 2.05. The van der Waals surface area contributed by atoms with Gasteiger partial charge in [-0.25, -0.2) is 0 Å². The lowest BCUT2D eigenvalue weighted by Crippen LogP contribution is -2.24. The van der Waals surface area contributed by atoms with Gasteiger partial charge in [0.1, 0.15) is 0 Å². The zero-order valence-electron chi connectivity index (χ0n) is 13.6. The molecule has 1 atom stereocenters. The molecule has 21 heavy (non-hydrogen) atoms. The zero-order valence-corrected chi connectivity index (χ0v) is 15.2. The van der Waals surface area contributed by atoms with Crippen molar-refractivity contribution in [2.75, 3.05) is 0 Å². The fourth-order valence-electron chi connectivity index (χ4n) is 2.76. The molecular formula is C19H31BrN+. The summed E-state index contributed by atoms with van der Waals surface area (Å²) in [7, 11) is 0. The van der Waals surface area contributed by atoms with Crippen LogP contribution in [0.3, 0.4) is 0 Å². The molecule has 0 fully saturated rings. The van der Waals surface area contributed by atoms with Gasteiger partial charge in [-0.3, -0.25) is 0 Å². The van der Waals surface area contributed by atoms with Gasteiger partial charge in [0.25, 0.3) is 0 Å². The van der Waals surface area contributed by atoms with Gasteiger partial charge in [0.2, 0.25) is 0 Å². The molecule has 0 saturated heterocycles. The van der Waals surface area contributed by atoms with E-state index in [0.717, 1.165) is 6.42 Å². The lowest BCUT2D eigenvalue weighted by Gasteiger charge is -2.11. The lowest BCUT2D eigenvalue weighted by molar-refractivity contribution is -0.484. The molecule has 0 amide bonds. The van der Waals surface area contributed by atoms with Crippen LogP contribution in [0.2, 0.25) is 0 Å². The predicted octanol–water partition coefficient (Wildman–Crippen LogP) is 6.01. The molecule has 1 aromatic heterocycles. The average molecular weight is 353 g/mol. The van der Waals surface area contributed by atoms with E-state index < -0.39 is 0 Å². The van der Waals surface area contributed by atoms with Crippen LogP contribution in [0, 0.1) is 5.92 Å². The van der Waals surface area contributed by atoms with E-state index >= 15 is 0 Å². The highest BCUT2D eigenvalue weighted by Gasteiger charge is 2.09. The SMILES string of the molecule is C=CC(CCCCCCCC)CCCc1cccc[n+]1Br. The number of aromatic nitrogens is 1. The van der Waals surface area contributed by atoms with Gasteiger partial charge in [0.05, 0.1) is 0 Å². The second kappa shape index (κ2) is 12.0. The number of halogens is 1. The Morgan fingerprint density at radius 3 is 2.52 bits per heavy atom. The fraction of sp³-hybridized carbons (Fsp3) is 0.632. The van der Waals surface area contributed by atoms with Gasteiger partial charge in [0, 0.05) is 18.6 Å². The topological polar surface area (TPSA) is 3.88 Å². The molecule has 1 rings (SSSR count). The third-order valence-corrected chi connectivity index (χ3v) is 4.85. The monoisotopic (exact) mass is 352 g/mol. The number of rotatable bonds is 12. The maximum atomic E-state index is 4.02. The van der Waals surface area contributed by atoms with E-state index in [-0.39, 0.29) is 0 Å². The standard InChI is InChI=1S/C19H31BrN/c1-3-5-6-7-8-9-13-18(4-2)14-12-16-19-15-10-11-17-21(19)20/h4,10-11,15,17-18H,2-3,5-9,12-14,16H2,1H3/q+1. The minimum atomic E-state index is 0.698. The van der Waals surface area contributed by atoms with Crippen LogP contribution in [0.25, 0.3) is 0 Å². The lowest BCUT2D eigenvalue weighted by atomic mass is 9.94. The molecule has 1 unspecified atom stereocenters. The molecule has 118 valence electrons. The van der Waals surface area contributed by atoms with Crippen LogP contribution in [0.1, 0.15) is 70.4 Å². The Bertz CT molecular complexity index is 389. The molecule has 0 bridgehead atoms. The van der Waals surface area contributed by atoms with Crippen molar-refractivity contribution in [2.24, 2.45) is 5.92 Å². The summed E-state index contributed by atoms with van der Waals surface area (Å²) >= 11 is 3.55. The van der Waals surface area contributed by atoms with E-state index in [1.165, 1.54) is 63.5 Å². The Labute approximate surface area is 139 Å². The third kappa shape index (κ3) is 8.40. The second-order valence-electron chi connectivity index (χ2n) is 5.95. The van der Waals surface area contributed by atoms with Crippen molar-refractivity contribution in [3.8, 4) is 0 Å². The zero-order chi connectivity index (χ0) is 15.3. The van der Waals surface area contributed by atoms with E-state index in [1.807, 2.05) is 9.66 Å². The van der Waals surface area contributed by atoms with Gasteiger partial charge >= 0.3 is 16.1 Å². The van der Waals surface area contributed by atoms with E-state index in [4.69, 9.17) is 0 Å². The Hall–Kier alpha value is -0.630. The first-order chi connectivity index (χ1) is 10.3. The summed E-state index contributed by atoms with van der Waals surface area (Å²) in [5, 5.41) is 0. The smallest absolute Gasteiger partial charge is 0.127 e. The van der Waals surface area contributed by atoms with Crippen LogP contribution in [-0.4, -0.2) is 0 Å². The van der Waals surface area contributed by atoms with Gasteiger partial charge in [0.15, 0.2) is 11.9 Å². The van der Waals surface area contributed by atoms with E-state index in [0.29, 0.717) is 5.92 Å². The summed E-state index contributed by atoms with van der Waals surface area (Å²) in [5.41, 5.74) is 1.35. The molecule has 0 radical (unpaired) electrons. The number of nitrogens with zero attached hydrogens (tertiary/aromatic N) is 1. The van der Waals surface area contributed by atoms with Crippen molar-refractivity contribution < 1.29 is 3.59 Å². The van der Waals surface area contributed by atoms with Gasteiger partial charge in [-0.2, -0.15) is 0 Å². The molecular weight excluding hydrogens is 322 g/mol. The van der Waals surface area contributed by atoms with Gasteiger partial charge in [-0.05, 0) is 25.2 Å². The molecule has 1 nitrogen and oxygen atoms in total. The summed E-state index contributed by atoms with van der Waals surface area (Å²) in [6, 6.07) is 6.34. The fourth-order valence-corrected chi connectivity index (χ4v) is 3.19. The number of allylic oxidation sites excluding steroid dienone is 1. The Kier molecular flexibility index (Phi) is 10.5. The summed E-state index contributed by atoms with van der Waals surface area (Å²) in [5.74, 6) is 0.698. The van der Waals surface area contributed by atoms with Crippen LogP contribution in [0.4, 0.5) is 0 Å². The molecule has 0 aromatic carbocycles. The predicted molar refractivity (Wildman–Crippen MR) is 95.6 cm³/mol. The highest BCUT2D eigenvalue weighted by Crippen LogP contribution is 2.18. The Morgan fingerprint density at radius 2 is 1.81 bits per heavy atom. The van der Waals surface area contributed by atoms with Crippen LogP contribution in [0.5, 0.6) is 0 Å². The largest absolute Gasteiger partial charge is 0.331 e. The van der Waals surface area contributed by atoms with Crippen molar-refractivity contribution in [3.05, 3.63) is 42.7 Å². The summed E-state index contributed by atoms with van der Waals surface area (Å²) in [6.45, 7) is 6.29. The molecule has 0 spiro atoms. The van der Waals surface area contributed by atoms with Gasteiger partial charge in [-0.1, -0.05) is 57.6 Å². The molecule has 0 aliphatic rings. The molecule has 0 aliphatic carbocycles. The first kappa shape index (κ1) is 18.4. The summed E-state index contributed by atoms with van der Waals surface area (Å²) in [4.78, 5) is 0. The Morgan fingerprint density at radius 1 is 1.10 bits per heavy atom. The molecule has 0 N–H and O–H groups in total. The van der Waals surface area contributed by atoms with Crippen LogP contribution in [-0.2, 0) is 6.42 Å². The number of aryl methyl sites for hydroxylation is 1. The van der Waals surface area contributed by atoms with Crippen LogP contribution < -0.4 is 3.59 Å². The maximum Gasteiger partial charge on any atom is 0.331 e. The average Bonchev–Trinajstić information content (AvgIpc) is 2.50. The second-order valence-corrected chi connectivity index (χ2v) is 6.71. The van der Waals surface area contributed by atoms with Crippen molar-refractivity contribution in [2.45, 2.75) is 71.1 Å². The third-order valence-electron chi connectivity index (χ3n) is 4.16. The van der Waals surface area contributed by atoms with Crippen molar-refractivity contribution in [3.63, 3.8) is 0 Å². The number of unbranched alkanes of at least 4 members (excludes halogenated alkanes) is 5. The normalized spacial score (nSPS) is 12.3. The first-order valence-electron chi connectivity index (χ1n) is 8.56. The molecule has 1 heterocycles. The van der Waals surface area contributed by atoms with Crippen molar-refractivity contribution in [1.29, 1.82) is 0 Å². The van der Waals surface area contributed by atoms with E-state index in [9.17, 15) is 0 Å². The molecule has 0 aliphatic heterocycles. The van der Waals surface area contributed by atoms with Gasteiger partial charge < -0.3 is 0 Å². The van der Waals surface area contributed by atoms with Crippen LogP contribution >= 0.6 is 16.1 Å². The van der Waals surface area contributed by atoms with Crippen molar-refractivity contribution >= 4 is 16.1 Å². The molecule has 2 heteroatoms. The highest BCUT2D eigenvalue weighted by molar-refractivity contribution is 9.04. The van der Waals surface area contributed by atoms with Gasteiger partial charge in [-0.15, -0.1) is 10.2 Å². The molecule has 1 aromatic rings. The minimum absolute atomic E-state index is 0.698. The first-order valence-corrected chi connectivity index (χ1v) is 9.27. The van der Waals surface area contributed by atoms with E-state index in [1.54, 1.807) is 0 Å². The minimum Gasteiger partial charge on any atom is -0.127 e. The van der Waals surface area contributed by atoms with Crippen LogP contribution in [0.15, 0.2) is 37.1 Å². The maximum absolute atomic E-state index is 4.02. The number of hydrogen-bond donors (Lipinski definition) is 0. The van der Waals surface area contributed by atoms with E-state index in [2.05, 4.69) is 54.1 Å². The highest BCUT2D eigenvalue weighted by atomic mass is 79.9. The van der Waals surface area contributed by atoms with Crippen molar-refractivity contribution in [1.82, 2.24) is 0 Å². The quantitative estimate of drug-likeness (QED) is 0.320. The Balaban J connectivity index is 2.13. The molecule has 0 saturated carbocycles.